The monoisotopic (exact) mass is 471 g/mol. The standard InChI is InChI=1S/C26H22ClN5O2/c1-34-23-11-5-20(6-12-23)24-16-25(32(30-24)22-9-7-21(27)8-10-22)26(33)31(15-3-13-28)18-19-4-2-14-29-17-19/h2,4-12,14,16-17H,3,15,18H2,1H3. The maximum absolute atomic E-state index is 13.8. The fraction of sp³-hybridized carbons (Fsp3) is 0.154. The second kappa shape index (κ2) is 10.6. The number of ether oxygens (including phenoxy) is 1. The number of rotatable bonds is 8. The fourth-order valence-electron chi connectivity index (χ4n) is 3.53. The Morgan fingerprint density at radius 1 is 1.15 bits per heavy atom. The van der Waals surface area contributed by atoms with Crippen molar-refractivity contribution in [2.45, 2.75) is 13.0 Å². The summed E-state index contributed by atoms with van der Waals surface area (Å²) in [4.78, 5) is 19.5. The first kappa shape index (κ1) is 23.0. The Balaban J connectivity index is 1.76. The molecule has 0 bridgehead atoms. The molecule has 2 aromatic heterocycles. The van der Waals surface area contributed by atoms with E-state index in [0.29, 0.717) is 28.6 Å². The third kappa shape index (κ3) is 5.25. The highest BCUT2D eigenvalue weighted by Crippen LogP contribution is 2.26. The molecule has 0 fully saturated rings. The minimum Gasteiger partial charge on any atom is -0.497 e. The van der Waals surface area contributed by atoms with Crippen LogP contribution >= 0.6 is 11.6 Å². The highest BCUT2D eigenvalue weighted by molar-refractivity contribution is 6.30. The average molecular weight is 472 g/mol. The first-order valence-corrected chi connectivity index (χ1v) is 11.0. The van der Waals surface area contributed by atoms with Crippen LogP contribution in [0.25, 0.3) is 16.9 Å². The lowest BCUT2D eigenvalue weighted by atomic mass is 10.1. The Hall–Kier alpha value is -4.15. The van der Waals surface area contributed by atoms with E-state index in [2.05, 4.69) is 11.1 Å². The lowest BCUT2D eigenvalue weighted by Gasteiger charge is -2.22. The first-order valence-electron chi connectivity index (χ1n) is 10.6. The second-order valence-corrected chi connectivity index (χ2v) is 7.96. The van der Waals surface area contributed by atoms with E-state index in [4.69, 9.17) is 26.7 Å². The van der Waals surface area contributed by atoms with E-state index in [1.54, 1.807) is 47.3 Å². The number of nitriles is 1. The highest BCUT2D eigenvalue weighted by Gasteiger charge is 2.23. The lowest BCUT2D eigenvalue weighted by Crippen LogP contribution is -2.33. The number of carbonyl (C=O) groups excluding carboxylic acids is 1. The van der Waals surface area contributed by atoms with E-state index < -0.39 is 0 Å². The molecule has 0 atom stereocenters. The molecule has 4 aromatic rings. The van der Waals surface area contributed by atoms with Crippen molar-refractivity contribution in [2.75, 3.05) is 13.7 Å². The largest absolute Gasteiger partial charge is 0.497 e. The maximum Gasteiger partial charge on any atom is 0.272 e. The summed E-state index contributed by atoms with van der Waals surface area (Å²) in [5.74, 6) is 0.498. The predicted octanol–water partition coefficient (Wildman–Crippen LogP) is 5.15. The Bertz CT molecular complexity index is 1300. The van der Waals surface area contributed by atoms with Gasteiger partial charge in [-0.15, -0.1) is 0 Å². The number of hydrogen-bond donors (Lipinski definition) is 0. The zero-order valence-corrected chi connectivity index (χ0v) is 19.3. The third-order valence-corrected chi connectivity index (χ3v) is 5.51. The van der Waals surface area contributed by atoms with Crippen LogP contribution in [0, 0.1) is 11.3 Å². The van der Waals surface area contributed by atoms with Gasteiger partial charge in [-0.2, -0.15) is 10.4 Å². The van der Waals surface area contributed by atoms with E-state index in [1.165, 1.54) is 0 Å². The van der Waals surface area contributed by atoms with Gasteiger partial charge < -0.3 is 9.64 Å². The van der Waals surface area contributed by atoms with Gasteiger partial charge in [0.05, 0.1) is 31.0 Å². The molecule has 0 spiro atoms. The Kier molecular flexibility index (Phi) is 7.21. The van der Waals surface area contributed by atoms with Crippen molar-refractivity contribution < 1.29 is 9.53 Å². The van der Waals surface area contributed by atoms with Crippen LogP contribution in [0.3, 0.4) is 0 Å². The van der Waals surface area contributed by atoms with Gasteiger partial charge in [0.1, 0.15) is 11.4 Å². The van der Waals surface area contributed by atoms with Crippen LogP contribution in [0.1, 0.15) is 22.5 Å². The van der Waals surface area contributed by atoms with Crippen LogP contribution in [-0.4, -0.2) is 39.2 Å². The minimum atomic E-state index is -0.235. The van der Waals surface area contributed by atoms with Crippen molar-refractivity contribution in [2.24, 2.45) is 0 Å². The van der Waals surface area contributed by atoms with Gasteiger partial charge in [-0.3, -0.25) is 9.78 Å². The van der Waals surface area contributed by atoms with Gasteiger partial charge in [-0.25, -0.2) is 4.68 Å². The summed E-state index contributed by atoms with van der Waals surface area (Å²) in [6.45, 7) is 0.617. The first-order chi connectivity index (χ1) is 16.6. The van der Waals surface area contributed by atoms with E-state index in [9.17, 15) is 4.79 Å². The van der Waals surface area contributed by atoms with E-state index in [-0.39, 0.29) is 18.9 Å². The number of halogens is 1. The molecule has 170 valence electrons. The van der Waals surface area contributed by atoms with E-state index in [0.717, 1.165) is 16.9 Å². The quantitative estimate of drug-likeness (QED) is 0.354. The number of methoxy groups -OCH3 is 1. The van der Waals surface area contributed by atoms with Crippen LogP contribution in [0.5, 0.6) is 5.75 Å². The van der Waals surface area contributed by atoms with Gasteiger partial charge in [0, 0.05) is 36.1 Å². The van der Waals surface area contributed by atoms with E-state index >= 15 is 0 Å². The van der Waals surface area contributed by atoms with Crippen LogP contribution in [0.15, 0.2) is 79.1 Å². The van der Waals surface area contributed by atoms with Crippen LogP contribution in [0.4, 0.5) is 0 Å². The van der Waals surface area contributed by atoms with Crippen molar-refractivity contribution in [3.8, 4) is 28.8 Å². The number of benzene rings is 2. The second-order valence-electron chi connectivity index (χ2n) is 7.53. The smallest absolute Gasteiger partial charge is 0.272 e. The molecule has 2 aromatic carbocycles. The Morgan fingerprint density at radius 3 is 2.56 bits per heavy atom. The van der Waals surface area contributed by atoms with Crippen molar-refractivity contribution in [3.05, 3.63) is 95.4 Å². The normalized spacial score (nSPS) is 10.5. The van der Waals surface area contributed by atoms with Gasteiger partial charge in [-0.1, -0.05) is 17.7 Å². The zero-order chi connectivity index (χ0) is 23.9. The molecular formula is C26H22ClN5O2. The van der Waals surface area contributed by atoms with Crippen LogP contribution < -0.4 is 4.74 Å². The molecular weight excluding hydrogens is 450 g/mol. The van der Waals surface area contributed by atoms with Gasteiger partial charge in [-0.05, 0) is 66.2 Å². The number of aromatic nitrogens is 3. The summed E-state index contributed by atoms with van der Waals surface area (Å²) < 4.78 is 6.86. The molecule has 4 rings (SSSR count). The molecule has 34 heavy (non-hydrogen) atoms. The minimum absolute atomic E-state index is 0.215. The SMILES string of the molecule is COc1ccc(-c2cc(C(=O)N(CCC#N)Cc3cccnc3)n(-c3ccc(Cl)cc3)n2)cc1. The number of hydrogen-bond acceptors (Lipinski definition) is 5. The molecule has 2 heterocycles. The molecule has 0 N–H and O–H groups in total. The molecule has 1 amide bonds. The molecule has 7 nitrogen and oxygen atoms in total. The number of amides is 1. The predicted molar refractivity (Wildman–Crippen MR) is 130 cm³/mol. The summed E-state index contributed by atoms with van der Waals surface area (Å²) in [6, 6.07) is 22.2. The third-order valence-electron chi connectivity index (χ3n) is 5.26. The maximum atomic E-state index is 13.8. The van der Waals surface area contributed by atoms with E-state index in [1.807, 2.05) is 48.5 Å². The summed E-state index contributed by atoms with van der Waals surface area (Å²) in [6.07, 6.45) is 3.61. The molecule has 0 aliphatic rings. The lowest BCUT2D eigenvalue weighted by molar-refractivity contribution is 0.0737. The van der Waals surface area contributed by atoms with Crippen LogP contribution in [0.2, 0.25) is 5.02 Å². The molecule has 0 saturated carbocycles. The molecule has 0 aliphatic heterocycles. The van der Waals surface area contributed by atoms with Crippen molar-refractivity contribution in [1.29, 1.82) is 5.26 Å². The van der Waals surface area contributed by atoms with Gasteiger partial charge in [0.15, 0.2) is 0 Å². The van der Waals surface area contributed by atoms with Gasteiger partial charge in [0.2, 0.25) is 0 Å². The van der Waals surface area contributed by atoms with Gasteiger partial charge in [0.25, 0.3) is 5.91 Å². The number of nitrogens with zero attached hydrogens (tertiary/aromatic N) is 5. The fourth-order valence-corrected chi connectivity index (χ4v) is 3.65. The summed E-state index contributed by atoms with van der Waals surface area (Å²) in [5, 5.41) is 14.5. The summed E-state index contributed by atoms with van der Waals surface area (Å²) in [5.41, 5.74) is 3.45. The molecule has 8 heteroatoms. The topological polar surface area (TPSA) is 84.0 Å². The van der Waals surface area contributed by atoms with Crippen molar-refractivity contribution >= 4 is 17.5 Å². The van der Waals surface area contributed by atoms with Crippen molar-refractivity contribution in [1.82, 2.24) is 19.7 Å². The highest BCUT2D eigenvalue weighted by atomic mass is 35.5. The summed E-state index contributed by atoms with van der Waals surface area (Å²) in [7, 11) is 1.61. The Labute approximate surface area is 202 Å². The summed E-state index contributed by atoms with van der Waals surface area (Å²) >= 11 is 6.08. The number of pyridine rings is 1. The molecule has 0 saturated heterocycles. The molecule has 0 radical (unpaired) electrons. The van der Waals surface area contributed by atoms with Crippen LogP contribution in [-0.2, 0) is 6.54 Å². The Morgan fingerprint density at radius 2 is 1.91 bits per heavy atom. The van der Waals surface area contributed by atoms with Crippen molar-refractivity contribution in [3.63, 3.8) is 0 Å². The zero-order valence-electron chi connectivity index (χ0n) is 18.6. The number of carbonyl (C=O) groups is 1. The average Bonchev–Trinajstić information content (AvgIpc) is 3.32. The molecule has 0 aliphatic carbocycles. The molecule has 0 unspecified atom stereocenters. The van der Waals surface area contributed by atoms with Gasteiger partial charge >= 0.3 is 0 Å².